The molecule has 8 heteroatoms. The van der Waals surface area contributed by atoms with Gasteiger partial charge in [-0.3, -0.25) is 19.2 Å². The van der Waals surface area contributed by atoms with Crippen LogP contribution in [-0.2, 0) is 19.2 Å². The molecule has 34 heavy (non-hydrogen) atoms. The van der Waals surface area contributed by atoms with E-state index >= 15 is 0 Å². The van der Waals surface area contributed by atoms with E-state index < -0.39 is 12.1 Å². The lowest BCUT2D eigenvalue weighted by Crippen LogP contribution is -2.53. The van der Waals surface area contributed by atoms with Crippen molar-refractivity contribution in [1.82, 2.24) is 20.4 Å². The first-order valence-corrected chi connectivity index (χ1v) is 13.6. The van der Waals surface area contributed by atoms with Crippen LogP contribution in [0.3, 0.4) is 0 Å². The van der Waals surface area contributed by atoms with Crippen molar-refractivity contribution in [1.29, 1.82) is 0 Å². The average Bonchev–Trinajstić information content (AvgIpc) is 3.35. The molecule has 0 spiro atoms. The van der Waals surface area contributed by atoms with Gasteiger partial charge in [0.15, 0.2) is 0 Å². The second kappa shape index (κ2) is 13.7. The van der Waals surface area contributed by atoms with E-state index in [1.54, 1.807) is 11.9 Å². The maximum Gasteiger partial charge on any atom is 0.243 e. The Morgan fingerprint density at radius 2 is 1.44 bits per heavy atom. The van der Waals surface area contributed by atoms with Gasteiger partial charge >= 0.3 is 0 Å². The minimum absolute atomic E-state index is 0.0633. The fraction of sp³-hybridized carbons (Fsp3) is 0.846. The molecule has 0 unspecified atom stereocenters. The summed E-state index contributed by atoms with van der Waals surface area (Å²) in [4.78, 5) is 55.8. The van der Waals surface area contributed by atoms with Gasteiger partial charge in [-0.2, -0.15) is 0 Å². The van der Waals surface area contributed by atoms with Gasteiger partial charge in [0.2, 0.25) is 23.6 Å². The molecule has 3 rings (SSSR count). The van der Waals surface area contributed by atoms with E-state index in [1.165, 1.54) is 0 Å². The maximum absolute atomic E-state index is 13.7. The van der Waals surface area contributed by atoms with Crippen LogP contribution in [0.25, 0.3) is 0 Å². The Morgan fingerprint density at radius 3 is 2.12 bits per heavy atom. The third-order valence-corrected chi connectivity index (χ3v) is 7.74. The van der Waals surface area contributed by atoms with Crippen molar-refractivity contribution in [2.45, 2.75) is 108 Å². The van der Waals surface area contributed by atoms with Gasteiger partial charge in [-0.1, -0.05) is 44.9 Å². The van der Waals surface area contributed by atoms with E-state index in [1.807, 2.05) is 4.90 Å². The Bertz CT molecular complexity index is 707. The molecule has 3 fully saturated rings. The molecule has 0 saturated carbocycles. The number of nitrogens with zero attached hydrogens (tertiary/aromatic N) is 2. The fourth-order valence-corrected chi connectivity index (χ4v) is 5.67. The van der Waals surface area contributed by atoms with Gasteiger partial charge in [0, 0.05) is 39.0 Å². The van der Waals surface area contributed by atoms with Gasteiger partial charge in [-0.15, -0.1) is 0 Å². The van der Waals surface area contributed by atoms with E-state index in [0.717, 1.165) is 83.7 Å². The fourth-order valence-electron chi connectivity index (χ4n) is 5.67. The largest absolute Gasteiger partial charge is 0.357 e. The standard InChI is InChI=1S/C26H44N4O4/c1-27-24(32)21-14-9-6-4-2-3-5-8-13-20(19-23(31)29-16-10-7-11-17-29)26(34)30-18-12-15-22(30)25(33)28-21/h20-22H,2-19H2,1H3,(H,27,32)(H,28,33)/t20-,21+,22+/m1/s1. The molecule has 3 aliphatic heterocycles. The topological polar surface area (TPSA) is 98.8 Å². The van der Waals surface area contributed by atoms with Crippen LogP contribution < -0.4 is 10.6 Å². The van der Waals surface area contributed by atoms with E-state index in [2.05, 4.69) is 10.6 Å². The summed E-state index contributed by atoms with van der Waals surface area (Å²) in [5.74, 6) is -0.785. The quantitative estimate of drug-likeness (QED) is 0.654. The second-order valence-electron chi connectivity index (χ2n) is 10.3. The number of piperidine rings is 1. The number of likely N-dealkylation sites (tertiary alicyclic amines) is 1. The summed E-state index contributed by atoms with van der Waals surface area (Å²) < 4.78 is 0. The van der Waals surface area contributed by atoms with Crippen LogP contribution in [0.1, 0.15) is 96.3 Å². The Hall–Kier alpha value is -2.12. The normalized spacial score (nSPS) is 28.2. The predicted octanol–water partition coefficient (Wildman–Crippen LogP) is 2.75. The lowest BCUT2D eigenvalue weighted by atomic mass is 9.93. The number of amides is 4. The number of hydrogen-bond acceptors (Lipinski definition) is 4. The molecule has 0 bridgehead atoms. The number of likely N-dealkylation sites (N-methyl/N-ethyl adjacent to an activating group) is 1. The number of nitrogens with one attached hydrogen (secondary N) is 2. The van der Waals surface area contributed by atoms with Crippen LogP contribution in [0, 0.1) is 5.92 Å². The highest BCUT2D eigenvalue weighted by molar-refractivity contribution is 5.93. The van der Waals surface area contributed by atoms with Crippen LogP contribution in [0.4, 0.5) is 0 Å². The summed E-state index contributed by atoms with van der Waals surface area (Å²) in [6.07, 6.45) is 13.5. The Balaban J connectivity index is 1.73. The minimum atomic E-state index is -0.570. The highest BCUT2D eigenvalue weighted by Gasteiger charge is 2.39. The van der Waals surface area contributed by atoms with Crippen molar-refractivity contribution in [2.75, 3.05) is 26.7 Å². The third-order valence-electron chi connectivity index (χ3n) is 7.74. The van der Waals surface area contributed by atoms with Gasteiger partial charge in [0.05, 0.1) is 0 Å². The van der Waals surface area contributed by atoms with Gasteiger partial charge in [-0.25, -0.2) is 0 Å². The highest BCUT2D eigenvalue weighted by atomic mass is 16.2. The Kier molecular flexibility index (Phi) is 10.7. The van der Waals surface area contributed by atoms with Crippen molar-refractivity contribution in [3.63, 3.8) is 0 Å². The first kappa shape index (κ1) is 26.5. The molecular formula is C26H44N4O4. The highest BCUT2D eigenvalue weighted by Crippen LogP contribution is 2.26. The lowest BCUT2D eigenvalue weighted by molar-refractivity contribution is -0.145. The molecule has 0 aromatic heterocycles. The van der Waals surface area contributed by atoms with Crippen LogP contribution in [0.15, 0.2) is 0 Å². The van der Waals surface area contributed by atoms with E-state index in [-0.39, 0.29) is 36.0 Å². The maximum atomic E-state index is 13.7. The summed E-state index contributed by atoms with van der Waals surface area (Å²) >= 11 is 0. The first-order valence-electron chi connectivity index (χ1n) is 13.6. The summed E-state index contributed by atoms with van der Waals surface area (Å²) in [5, 5.41) is 5.59. The van der Waals surface area contributed by atoms with Gasteiger partial charge in [0.1, 0.15) is 12.1 Å². The third kappa shape index (κ3) is 7.44. The number of carbonyl (C=O) groups excluding carboxylic acids is 4. The van der Waals surface area contributed by atoms with Crippen molar-refractivity contribution in [2.24, 2.45) is 5.92 Å². The summed E-state index contributed by atoms with van der Waals surface area (Å²) in [6.45, 7) is 2.11. The van der Waals surface area contributed by atoms with Crippen molar-refractivity contribution >= 4 is 23.6 Å². The molecule has 3 aliphatic rings. The van der Waals surface area contributed by atoms with Crippen LogP contribution in [0.5, 0.6) is 0 Å². The summed E-state index contributed by atoms with van der Waals surface area (Å²) in [6, 6.07) is -1.13. The van der Waals surface area contributed by atoms with E-state index in [9.17, 15) is 19.2 Å². The van der Waals surface area contributed by atoms with Crippen LogP contribution >= 0.6 is 0 Å². The zero-order valence-electron chi connectivity index (χ0n) is 21.0. The van der Waals surface area contributed by atoms with Gasteiger partial charge in [0.25, 0.3) is 0 Å². The molecule has 192 valence electrons. The molecule has 2 N–H and O–H groups in total. The smallest absolute Gasteiger partial charge is 0.243 e. The van der Waals surface area contributed by atoms with Crippen molar-refractivity contribution in [3.8, 4) is 0 Å². The zero-order valence-corrected chi connectivity index (χ0v) is 21.0. The van der Waals surface area contributed by atoms with E-state index in [0.29, 0.717) is 25.8 Å². The molecular weight excluding hydrogens is 432 g/mol. The average molecular weight is 477 g/mol. The molecule has 3 heterocycles. The molecule has 0 aromatic carbocycles. The SMILES string of the molecule is CNC(=O)[C@@H]1CCCCCCCCC[C@H](CC(=O)N2CCCCC2)C(=O)N2CCC[C@H]2C(=O)N1. The lowest BCUT2D eigenvalue weighted by Gasteiger charge is -2.31. The number of fused-ring (bicyclic) bond motifs is 1. The summed E-state index contributed by atoms with van der Waals surface area (Å²) in [5.41, 5.74) is 0. The number of rotatable bonds is 3. The minimum Gasteiger partial charge on any atom is -0.357 e. The molecule has 3 saturated heterocycles. The Labute approximate surface area is 204 Å². The molecule has 0 aliphatic carbocycles. The van der Waals surface area contributed by atoms with Crippen molar-refractivity contribution < 1.29 is 19.2 Å². The molecule has 0 aromatic rings. The van der Waals surface area contributed by atoms with Crippen LogP contribution in [-0.4, -0.2) is 72.2 Å². The molecule has 4 amide bonds. The monoisotopic (exact) mass is 476 g/mol. The van der Waals surface area contributed by atoms with Gasteiger partial charge < -0.3 is 20.4 Å². The molecule has 8 nitrogen and oxygen atoms in total. The van der Waals surface area contributed by atoms with Crippen LogP contribution in [0.2, 0.25) is 0 Å². The number of hydrogen-bond donors (Lipinski definition) is 2. The molecule has 0 radical (unpaired) electrons. The first-order chi connectivity index (χ1) is 16.5. The van der Waals surface area contributed by atoms with Gasteiger partial charge in [-0.05, 0) is 44.9 Å². The predicted molar refractivity (Wildman–Crippen MR) is 131 cm³/mol. The van der Waals surface area contributed by atoms with Crippen molar-refractivity contribution in [3.05, 3.63) is 0 Å². The molecule has 3 atom stereocenters. The van der Waals surface area contributed by atoms with E-state index in [4.69, 9.17) is 0 Å². The summed E-state index contributed by atoms with van der Waals surface area (Å²) in [7, 11) is 1.59. The zero-order chi connectivity index (χ0) is 24.3. The second-order valence-corrected chi connectivity index (χ2v) is 10.3. The Morgan fingerprint density at radius 1 is 0.824 bits per heavy atom. The number of carbonyl (C=O) groups is 4.